The molecule has 0 bridgehead atoms. The summed E-state index contributed by atoms with van der Waals surface area (Å²) in [6.07, 6.45) is 5.33. The molecule has 114 valence electrons. The molecule has 1 amide bonds. The molecule has 4 heteroatoms. The first kappa shape index (κ1) is 14.4. The summed E-state index contributed by atoms with van der Waals surface area (Å²) in [5.74, 6) is 1.82. The van der Waals surface area contributed by atoms with E-state index in [1.165, 1.54) is 12.1 Å². The van der Waals surface area contributed by atoms with Crippen molar-refractivity contribution in [3.63, 3.8) is 0 Å². The molecule has 21 heavy (non-hydrogen) atoms. The molecule has 1 aliphatic carbocycles. The summed E-state index contributed by atoms with van der Waals surface area (Å²) in [6, 6.07) is 6.15. The standard InChI is InChI=1S/C17H22FNO2/c18-15-3-5-16(6-4-15)21-12-9-13-7-10-19(11-8-13)17(20)14-1-2-14/h3-6,13-14H,1-2,7-12H2. The van der Waals surface area contributed by atoms with E-state index in [2.05, 4.69) is 0 Å². The lowest BCUT2D eigenvalue weighted by molar-refractivity contribution is -0.134. The van der Waals surface area contributed by atoms with Crippen molar-refractivity contribution in [3.8, 4) is 5.75 Å². The van der Waals surface area contributed by atoms with Crippen LogP contribution >= 0.6 is 0 Å². The van der Waals surface area contributed by atoms with Crippen molar-refractivity contribution in [2.45, 2.75) is 32.1 Å². The second-order valence-electron chi connectivity index (χ2n) is 6.13. The Balaban J connectivity index is 1.35. The first-order valence-electron chi connectivity index (χ1n) is 7.89. The molecule has 0 aromatic heterocycles. The van der Waals surface area contributed by atoms with Crippen LogP contribution in [0.2, 0.25) is 0 Å². The van der Waals surface area contributed by atoms with Crippen molar-refractivity contribution in [2.75, 3.05) is 19.7 Å². The second-order valence-corrected chi connectivity index (χ2v) is 6.13. The highest BCUT2D eigenvalue weighted by Crippen LogP contribution is 2.32. The van der Waals surface area contributed by atoms with E-state index in [4.69, 9.17) is 4.74 Å². The van der Waals surface area contributed by atoms with Crippen molar-refractivity contribution in [2.24, 2.45) is 11.8 Å². The Labute approximate surface area is 125 Å². The number of carbonyl (C=O) groups is 1. The van der Waals surface area contributed by atoms with Gasteiger partial charge in [-0.25, -0.2) is 4.39 Å². The zero-order chi connectivity index (χ0) is 14.7. The number of halogens is 1. The Morgan fingerprint density at radius 3 is 2.43 bits per heavy atom. The van der Waals surface area contributed by atoms with Crippen molar-refractivity contribution in [1.29, 1.82) is 0 Å². The summed E-state index contributed by atoms with van der Waals surface area (Å²) >= 11 is 0. The minimum atomic E-state index is -0.241. The van der Waals surface area contributed by atoms with Crippen LogP contribution in [0.25, 0.3) is 0 Å². The summed E-state index contributed by atoms with van der Waals surface area (Å²) in [6.45, 7) is 2.46. The third-order valence-corrected chi connectivity index (χ3v) is 4.46. The highest BCUT2D eigenvalue weighted by Gasteiger charge is 2.34. The Kier molecular flexibility index (Phi) is 4.42. The van der Waals surface area contributed by atoms with Gasteiger partial charge in [-0.3, -0.25) is 4.79 Å². The highest BCUT2D eigenvalue weighted by molar-refractivity contribution is 5.81. The lowest BCUT2D eigenvalue weighted by Gasteiger charge is -2.32. The maximum atomic E-state index is 12.8. The molecule has 3 rings (SSSR count). The fourth-order valence-corrected chi connectivity index (χ4v) is 2.90. The van der Waals surface area contributed by atoms with Gasteiger partial charge in [0.15, 0.2) is 0 Å². The third-order valence-electron chi connectivity index (χ3n) is 4.46. The van der Waals surface area contributed by atoms with Crippen LogP contribution < -0.4 is 4.74 Å². The van der Waals surface area contributed by atoms with Gasteiger partial charge in [-0.2, -0.15) is 0 Å². The zero-order valence-corrected chi connectivity index (χ0v) is 12.3. The molecule has 1 saturated carbocycles. The number of benzene rings is 1. The normalized spacial score (nSPS) is 19.6. The van der Waals surface area contributed by atoms with Gasteiger partial charge in [-0.1, -0.05) is 0 Å². The van der Waals surface area contributed by atoms with Gasteiger partial charge in [0.1, 0.15) is 11.6 Å². The predicted octanol–water partition coefficient (Wildman–Crippen LogP) is 3.24. The van der Waals surface area contributed by atoms with Crippen LogP contribution in [0.15, 0.2) is 24.3 Å². The molecule has 3 nitrogen and oxygen atoms in total. The molecule has 0 unspecified atom stereocenters. The molecule has 2 fully saturated rings. The fourth-order valence-electron chi connectivity index (χ4n) is 2.90. The maximum absolute atomic E-state index is 12.8. The number of hydrogen-bond acceptors (Lipinski definition) is 2. The maximum Gasteiger partial charge on any atom is 0.225 e. The van der Waals surface area contributed by atoms with E-state index in [0.717, 1.165) is 50.9 Å². The van der Waals surface area contributed by atoms with Crippen LogP contribution in [0.4, 0.5) is 4.39 Å². The van der Waals surface area contributed by atoms with Gasteiger partial charge in [0, 0.05) is 19.0 Å². The number of hydrogen-bond donors (Lipinski definition) is 0. The molecule has 1 aliphatic heterocycles. The fraction of sp³-hybridized carbons (Fsp3) is 0.588. The second kappa shape index (κ2) is 6.46. The molecule has 2 aliphatic rings. The Morgan fingerprint density at radius 1 is 1.14 bits per heavy atom. The van der Waals surface area contributed by atoms with Crippen LogP contribution in [-0.2, 0) is 4.79 Å². The van der Waals surface area contributed by atoms with E-state index in [9.17, 15) is 9.18 Å². The Bertz CT molecular complexity index is 476. The average Bonchev–Trinajstić information content (AvgIpc) is 3.34. The number of likely N-dealkylation sites (tertiary alicyclic amines) is 1. The molecule has 0 radical (unpaired) electrons. The van der Waals surface area contributed by atoms with Crippen LogP contribution in [0, 0.1) is 17.7 Å². The average molecular weight is 291 g/mol. The van der Waals surface area contributed by atoms with Crippen molar-refractivity contribution >= 4 is 5.91 Å². The lowest BCUT2D eigenvalue weighted by atomic mass is 9.93. The Hall–Kier alpha value is -1.58. The van der Waals surface area contributed by atoms with Crippen molar-refractivity contribution in [1.82, 2.24) is 4.90 Å². The predicted molar refractivity (Wildman–Crippen MR) is 78.5 cm³/mol. The topological polar surface area (TPSA) is 29.5 Å². The molecule has 1 heterocycles. The number of amides is 1. The molecular formula is C17H22FNO2. The quantitative estimate of drug-likeness (QED) is 0.833. The highest BCUT2D eigenvalue weighted by atomic mass is 19.1. The molecule has 1 aromatic carbocycles. The van der Waals surface area contributed by atoms with Gasteiger partial charge in [0.05, 0.1) is 6.61 Å². The third kappa shape index (κ3) is 3.96. The minimum absolute atomic E-state index is 0.241. The monoisotopic (exact) mass is 291 g/mol. The largest absolute Gasteiger partial charge is 0.494 e. The number of carbonyl (C=O) groups excluding carboxylic acids is 1. The van der Waals surface area contributed by atoms with Crippen LogP contribution in [0.5, 0.6) is 5.75 Å². The summed E-state index contributed by atoms with van der Waals surface area (Å²) < 4.78 is 18.4. The Morgan fingerprint density at radius 2 is 1.81 bits per heavy atom. The summed E-state index contributed by atoms with van der Waals surface area (Å²) in [5, 5.41) is 0. The molecule has 0 atom stereocenters. The smallest absolute Gasteiger partial charge is 0.225 e. The van der Waals surface area contributed by atoms with Gasteiger partial charge >= 0.3 is 0 Å². The van der Waals surface area contributed by atoms with E-state index in [1.807, 2.05) is 4.90 Å². The SMILES string of the molecule is O=C(C1CC1)N1CCC(CCOc2ccc(F)cc2)CC1. The molecule has 0 N–H and O–H groups in total. The molecule has 0 spiro atoms. The lowest BCUT2D eigenvalue weighted by Crippen LogP contribution is -2.39. The van der Waals surface area contributed by atoms with E-state index in [1.54, 1.807) is 12.1 Å². The molecular weight excluding hydrogens is 269 g/mol. The van der Waals surface area contributed by atoms with Crippen LogP contribution in [0.3, 0.4) is 0 Å². The van der Waals surface area contributed by atoms with Crippen LogP contribution in [0.1, 0.15) is 32.1 Å². The summed E-state index contributed by atoms with van der Waals surface area (Å²) in [4.78, 5) is 14.0. The van der Waals surface area contributed by atoms with Gasteiger partial charge in [-0.05, 0) is 62.3 Å². The van der Waals surface area contributed by atoms with Gasteiger partial charge < -0.3 is 9.64 Å². The summed E-state index contributed by atoms with van der Waals surface area (Å²) in [5.41, 5.74) is 0. The van der Waals surface area contributed by atoms with Crippen molar-refractivity contribution < 1.29 is 13.9 Å². The molecule has 1 aromatic rings. The van der Waals surface area contributed by atoms with E-state index >= 15 is 0 Å². The zero-order valence-electron chi connectivity index (χ0n) is 12.3. The first-order valence-corrected chi connectivity index (χ1v) is 7.89. The number of ether oxygens (including phenoxy) is 1. The first-order chi connectivity index (χ1) is 10.2. The number of piperidine rings is 1. The van der Waals surface area contributed by atoms with E-state index in [0.29, 0.717) is 24.3 Å². The van der Waals surface area contributed by atoms with Gasteiger partial charge in [0.25, 0.3) is 0 Å². The summed E-state index contributed by atoms with van der Waals surface area (Å²) in [7, 11) is 0. The van der Waals surface area contributed by atoms with Crippen LogP contribution in [-0.4, -0.2) is 30.5 Å². The van der Waals surface area contributed by atoms with Crippen molar-refractivity contribution in [3.05, 3.63) is 30.1 Å². The number of rotatable bonds is 5. The minimum Gasteiger partial charge on any atom is -0.494 e. The van der Waals surface area contributed by atoms with Gasteiger partial charge in [0.2, 0.25) is 5.91 Å². The van der Waals surface area contributed by atoms with E-state index in [-0.39, 0.29) is 5.82 Å². The van der Waals surface area contributed by atoms with E-state index < -0.39 is 0 Å². The molecule has 1 saturated heterocycles. The number of nitrogens with zero attached hydrogens (tertiary/aromatic N) is 1. The van der Waals surface area contributed by atoms with Gasteiger partial charge in [-0.15, -0.1) is 0 Å².